The molecular weight excluding hydrogens is 486 g/mol. The largest absolute Gasteiger partial charge is 0.465 e. The number of thiocarbonyl (C=S) groups is 1. The first-order chi connectivity index (χ1) is 17.1. The first-order valence-corrected chi connectivity index (χ1v) is 12.2. The second-order valence-electron chi connectivity index (χ2n) is 7.87. The van der Waals surface area contributed by atoms with E-state index >= 15 is 0 Å². The number of aryl methyl sites for hydroxylation is 1. The monoisotopic (exact) mass is 509 g/mol. The van der Waals surface area contributed by atoms with Gasteiger partial charge in [-0.25, -0.2) is 9.42 Å². The lowest BCUT2D eigenvalue weighted by Gasteiger charge is -2.28. The number of hydrogen-bond donors (Lipinski definition) is 2. The fraction of sp³-hybridized carbons (Fsp3) is 0.250. The SMILES string of the molecule is COC(=O)c1c(NC(=S)Nc2ccc(N3CCOCC3)c3nonc23)sc(C)c1-c1ccccc1. The van der Waals surface area contributed by atoms with Crippen molar-refractivity contribution in [2.45, 2.75) is 6.92 Å². The number of methoxy groups -OCH3 is 1. The van der Waals surface area contributed by atoms with Gasteiger partial charge in [-0.2, -0.15) is 0 Å². The van der Waals surface area contributed by atoms with Gasteiger partial charge in [0.1, 0.15) is 10.6 Å². The van der Waals surface area contributed by atoms with Crippen molar-refractivity contribution in [3.63, 3.8) is 0 Å². The zero-order valence-corrected chi connectivity index (χ0v) is 20.8. The molecule has 0 unspecified atom stereocenters. The predicted molar refractivity (Wildman–Crippen MR) is 141 cm³/mol. The molecule has 0 spiro atoms. The summed E-state index contributed by atoms with van der Waals surface area (Å²) < 4.78 is 15.6. The number of anilines is 3. The number of carbonyl (C=O) groups is 1. The molecule has 180 valence electrons. The molecule has 2 aromatic heterocycles. The fourth-order valence-corrected chi connectivity index (χ4v) is 5.50. The number of benzene rings is 2. The van der Waals surface area contributed by atoms with Crippen LogP contribution in [-0.2, 0) is 9.47 Å². The Balaban J connectivity index is 1.42. The molecule has 35 heavy (non-hydrogen) atoms. The maximum absolute atomic E-state index is 12.7. The van der Waals surface area contributed by atoms with Crippen LogP contribution in [0.4, 0.5) is 16.4 Å². The lowest BCUT2D eigenvalue weighted by Crippen LogP contribution is -2.36. The van der Waals surface area contributed by atoms with Gasteiger partial charge < -0.3 is 25.0 Å². The third kappa shape index (κ3) is 4.57. The molecule has 0 bridgehead atoms. The Labute approximate surface area is 211 Å². The molecular formula is C24H23N5O4S2. The van der Waals surface area contributed by atoms with E-state index in [1.165, 1.54) is 18.4 Å². The highest BCUT2D eigenvalue weighted by molar-refractivity contribution is 7.80. The van der Waals surface area contributed by atoms with Gasteiger partial charge in [0.15, 0.2) is 16.1 Å². The molecule has 5 rings (SSSR count). The first-order valence-electron chi connectivity index (χ1n) is 11.0. The maximum atomic E-state index is 12.7. The number of nitrogens with one attached hydrogen (secondary N) is 2. The van der Waals surface area contributed by atoms with E-state index in [-0.39, 0.29) is 0 Å². The van der Waals surface area contributed by atoms with Crippen LogP contribution in [0.2, 0.25) is 0 Å². The van der Waals surface area contributed by atoms with Gasteiger partial charge in [0, 0.05) is 23.5 Å². The molecule has 0 saturated carbocycles. The van der Waals surface area contributed by atoms with E-state index in [0.717, 1.165) is 34.8 Å². The highest BCUT2D eigenvalue weighted by Crippen LogP contribution is 2.40. The number of esters is 1. The highest BCUT2D eigenvalue weighted by Gasteiger charge is 2.25. The number of fused-ring (bicyclic) bond motifs is 1. The molecule has 3 heterocycles. The zero-order valence-electron chi connectivity index (χ0n) is 19.2. The van der Waals surface area contributed by atoms with Gasteiger partial charge in [-0.05, 0) is 47.2 Å². The second kappa shape index (κ2) is 9.98. The van der Waals surface area contributed by atoms with E-state index in [1.54, 1.807) is 0 Å². The van der Waals surface area contributed by atoms with Crippen LogP contribution in [0, 0.1) is 6.92 Å². The molecule has 1 saturated heterocycles. The number of rotatable bonds is 5. The van der Waals surface area contributed by atoms with Gasteiger partial charge in [-0.15, -0.1) is 11.3 Å². The smallest absolute Gasteiger partial charge is 0.341 e. The Kier molecular flexibility index (Phi) is 6.62. The Hall–Kier alpha value is -3.54. The van der Waals surface area contributed by atoms with Crippen molar-refractivity contribution >= 4 is 62.0 Å². The van der Waals surface area contributed by atoms with Crippen LogP contribution in [-0.4, -0.2) is 54.8 Å². The second-order valence-corrected chi connectivity index (χ2v) is 9.50. The number of ether oxygens (including phenoxy) is 2. The summed E-state index contributed by atoms with van der Waals surface area (Å²) in [6.45, 7) is 4.83. The molecule has 1 aliphatic heterocycles. The minimum absolute atomic E-state index is 0.305. The van der Waals surface area contributed by atoms with Gasteiger partial charge >= 0.3 is 5.97 Å². The molecule has 11 heteroatoms. The predicted octanol–water partition coefficient (Wildman–Crippen LogP) is 4.69. The number of thiophene rings is 1. The number of nitrogens with zero attached hydrogens (tertiary/aromatic N) is 3. The minimum atomic E-state index is -0.434. The van der Waals surface area contributed by atoms with Gasteiger partial charge in [-0.3, -0.25) is 0 Å². The molecule has 9 nitrogen and oxygen atoms in total. The summed E-state index contributed by atoms with van der Waals surface area (Å²) in [4.78, 5) is 15.9. The molecule has 2 N–H and O–H groups in total. The lowest BCUT2D eigenvalue weighted by atomic mass is 10.0. The third-order valence-corrected chi connectivity index (χ3v) is 6.98. The molecule has 0 amide bonds. The van der Waals surface area contributed by atoms with E-state index in [4.69, 9.17) is 26.3 Å². The van der Waals surface area contributed by atoms with Gasteiger partial charge in [-0.1, -0.05) is 30.3 Å². The van der Waals surface area contributed by atoms with Gasteiger partial charge in [0.05, 0.1) is 31.7 Å². The van der Waals surface area contributed by atoms with Crippen LogP contribution < -0.4 is 15.5 Å². The molecule has 1 aliphatic rings. The van der Waals surface area contributed by atoms with Crippen molar-refractivity contribution in [2.24, 2.45) is 0 Å². The van der Waals surface area contributed by atoms with E-state index < -0.39 is 5.97 Å². The normalized spacial score (nSPS) is 13.6. The fourth-order valence-electron chi connectivity index (χ4n) is 4.15. The standard InChI is InChI=1S/C24H23N5O4S2/c1-14-18(15-6-4-3-5-7-15)19(23(30)31-2)22(35-14)26-24(34)25-16-8-9-17(21-20(16)27-33-28-21)29-10-12-32-13-11-29/h3-9H,10-13H2,1-2H3,(H2,25,26,34). The van der Waals surface area contributed by atoms with Crippen molar-refractivity contribution in [3.05, 3.63) is 52.9 Å². The zero-order chi connectivity index (χ0) is 24.4. The molecule has 4 aromatic rings. The summed E-state index contributed by atoms with van der Waals surface area (Å²) in [6.07, 6.45) is 0. The van der Waals surface area contributed by atoms with Crippen molar-refractivity contribution in [1.82, 2.24) is 10.3 Å². The summed E-state index contributed by atoms with van der Waals surface area (Å²) in [5.41, 5.74) is 5.00. The maximum Gasteiger partial charge on any atom is 0.341 e. The average molecular weight is 510 g/mol. The minimum Gasteiger partial charge on any atom is -0.465 e. The van der Waals surface area contributed by atoms with Gasteiger partial charge in [0.25, 0.3) is 0 Å². The Morgan fingerprint density at radius 3 is 2.57 bits per heavy atom. The molecule has 1 fully saturated rings. The summed E-state index contributed by atoms with van der Waals surface area (Å²) in [7, 11) is 1.37. The van der Waals surface area contributed by atoms with Crippen molar-refractivity contribution in [1.29, 1.82) is 0 Å². The molecule has 0 radical (unpaired) electrons. The number of morpholine rings is 1. The molecule has 0 aliphatic carbocycles. The number of hydrogen-bond acceptors (Lipinski definition) is 9. The Morgan fingerprint density at radius 1 is 1.09 bits per heavy atom. The van der Waals surface area contributed by atoms with Crippen LogP contribution in [0.1, 0.15) is 15.2 Å². The lowest BCUT2D eigenvalue weighted by molar-refractivity contribution is 0.0603. The third-order valence-electron chi connectivity index (χ3n) is 5.76. The molecule has 2 aromatic carbocycles. The quantitative estimate of drug-likeness (QED) is 0.291. The number of carbonyl (C=O) groups excluding carboxylic acids is 1. The van der Waals surface area contributed by atoms with Crippen LogP contribution >= 0.6 is 23.6 Å². The Bertz CT molecular complexity index is 1380. The van der Waals surface area contributed by atoms with Crippen LogP contribution in [0.5, 0.6) is 0 Å². The summed E-state index contributed by atoms with van der Waals surface area (Å²) in [5, 5.41) is 15.4. The summed E-state index contributed by atoms with van der Waals surface area (Å²) in [6, 6.07) is 13.6. The van der Waals surface area contributed by atoms with Crippen LogP contribution in [0.15, 0.2) is 47.1 Å². The van der Waals surface area contributed by atoms with Gasteiger partial charge in [0.2, 0.25) is 0 Å². The topological polar surface area (TPSA) is 102 Å². The van der Waals surface area contributed by atoms with E-state index in [2.05, 4.69) is 25.8 Å². The average Bonchev–Trinajstić information content (AvgIpc) is 3.50. The summed E-state index contributed by atoms with van der Waals surface area (Å²) in [5.74, 6) is -0.434. The summed E-state index contributed by atoms with van der Waals surface area (Å²) >= 11 is 7.03. The van der Waals surface area contributed by atoms with E-state index in [1.807, 2.05) is 49.4 Å². The Morgan fingerprint density at radius 2 is 1.83 bits per heavy atom. The molecule has 0 atom stereocenters. The van der Waals surface area contributed by atoms with Crippen molar-refractivity contribution in [3.8, 4) is 11.1 Å². The number of aromatic nitrogens is 2. The van der Waals surface area contributed by atoms with Crippen LogP contribution in [0.25, 0.3) is 22.2 Å². The van der Waals surface area contributed by atoms with Crippen molar-refractivity contribution in [2.75, 3.05) is 48.9 Å². The first kappa shape index (κ1) is 23.2. The van der Waals surface area contributed by atoms with E-state index in [9.17, 15) is 4.79 Å². The van der Waals surface area contributed by atoms with E-state index in [0.29, 0.717) is 45.6 Å². The van der Waals surface area contributed by atoms with Crippen molar-refractivity contribution < 1.29 is 18.9 Å². The van der Waals surface area contributed by atoms with Crippen LogP contribution in [0.3, 0.4) is 0 Å². The highest BCUT2D eigenvalue weighted by atomic mass is 32.1.